The molecule has 0 aliphatic heterocycles. The van der Waals surface area contributed by atoms with Crippen molar-refractivity contribution in [2.24, 2.45) is 0 Å². The maximum atomic E-state index is 5.52. The van der Waals surface area contributed by atoms with Gasteiger partial charge in [-0.2, -0.15) is 35.6 Å². The largest absolute Gasteiger partial charge is 2.00 e. The summed E-state index contributed by atoms with van der Waals surface area (Å²) in [5.74, 6) is 0. The van der Waals surface area contributed by atoms with E-state index in [1.807, 2.05) is 13.8 Å². The van der Waals surface area contributed by atoms with Gasteiger partial charge in [-0.25, -0.2) is 0 Å². The molecule has 40 heavy (non-hydrogen) atoms. The Balaban J connectivity index is 0.000000393. The smallest absolute Gasteiger partial charge is 0.790 e. The molecule has 0 heterocycles. The first-order valence-electron chi connectivity index (χ1n) is 13.1. The first kappa shape index (κ1) is 34.5. The molecule has 0 saturated carbocycles. The quantitative estimate of drug-likeness (QED) is 0.0717. The van der Waals surface area contributed by atoms with Gasteiger partial charge in [-0.15, -0.1) is 11.6 Å². The number of hydrogen-bond acceptors (Lipinski definition) is 1. The van der Waals surface area contributed by atoms with E-state index < -0.39 is 0 Å². The average Bonchev–Trinajstić information content (AvgIpc) is 2.98. The van der Waals surface area contributed by atoms with Crippen LogP contribution in [-0.4, -0.2) is 17.6 Å². The van der Waals surface area contributed by atoms with Crippen molar-refractivity contribution >= 4 is 61.3 Å². The van der Waals surface area contributed by atoms with E-state index in [9.17, 15) is 0 Å². The van der Waals surface area contributed by atoms with Crippen LogP contribution < -0.4 is 21.2 Å². The van der Waals surface area contributed by atoms with Crippen LogP contribution in [0.4, 0.5) is 0 Å². The monoisotopic (exact) mass is 690 g/mol. The SMILES string of the molecule is CC(C)[S-].Clc1cc[c-]cc1.[Pd+2].c1ccc(P(CCP(c2ccccc2)c2ccccc2)c2ccccc2)cc1. The normalized spacial score (nSPS) is 10.2. The number of rotatable bonds is 7. The summed E-state index contributed by atoms with van der Waals surface area (Å²) in [7, 11) is -0.696. The van der Waals surface area contributed by atoms with Gasteiger partial charge in [0, 0.05) is 0 Å². The molecule has 0 bridgehead atoms. The molecule has 0 amide bonds. The minimum Gasteiger partial charge on any atom is -0.790 e. The van der Waals surface area contributed by atoms with Crippen molar-refractivity contribution in [3.05, 3.63) is 157 Å². The fourth-order valence-electron chi connectivity index (χ4n) is 3.81. The van der Waals surface area contributed by atoms with E-state index in [0.29, 0.717) is 5.25 Å². The van der Waals surface area contributed by atoms with E-state index in [1.54, 1.807) is 24.3 Å². The Bertz CT molecular complexity index is 1130. The molecule has 5 aromatic carbocycles. The average molecular weight is 692 g/mol. The summed E-state index contributed by atoms with van der Waals surface area (Å²) in [5.41, 5.74) is 0. The van der Waals surface area contributed by atoms with Gasteiger partial charge in [-0.1, -0.05) is 140 Å². The first-order valence-corrected chi connectivity index (χ1v) is 17.0. The van der Waals surface area contributed by atoms with Crippen LogP contribution in [0.25, 0.3) is 0 Å². The molecular formula is C35H35ClP2PdS. The summed E-state index contributed by atoms with van der Waals surface area (Å²) in [4.78, 5) is 0. The van der Waals surface area contributed by atoms with Crippen LogP contribution in [0.15, 0.2) is 146 Å². The Morgan fingerprint density at radius 2 is 0.800 bits per heavy atom. The Hall–Kier alpha value is -1.74. The molecule has 0 aliphatic rings. The Labute approximate surface area is 268 Å². The van der Waals surface area contributed by atoms with Crippen LogP contribution in [0.5, 0.6) is 0 Å². The summed E-state index contributed by atoms with van der Waals surface area (Å²) in [6, 6.07) is 54.2. The molecule has 0 aromatic heterocycles. The van der Waals surface area contributed by atoms with Crippen molar-refractivity contribution in [2.45, 2.75) is 19.1 Å². The summed E-state index contributed by atoms with van der Waals surface area (Å²) in [6.45, 7) is 3.96. The first-order chi connectivity index (χ1) is 19.0. The minimum absolute atomic E-state index is 0. The maximum absolute atomic E-state index is 5.52. The van der Waals surface area contributed by atoms with Crippen LogP contribution in [-0.2, 0) is 33.1 Å². The van der Waals surface area contributed by atoms with Gasteiger partial charge in [0.1, 0.15) is 0 Å². The van der Waals surface area contributed by atoms with E-state index >= 15 is 0 Å². The zero-order valence-electron chi connectivity index (χ0n) is 22.8. The predicted molar refractivity (Wildman–Crippen MR) is 181 cm³/mol. The Morgan fingerprint density at radius 3 is 1.00 bits per heavy atom. The van der Waals surface area contributed by atoms with Crippen molar-refractivity contribution in [1.82, 2.24) is 0 Å². The zero-order chi connectivity index (χ0) is 27.7. The third-order valence-corrected chi connectivity index (χ3v) is 11.1. The van der Waals surface area contributed by atoms with Crippen molar-refractivity contribution in [3.8, 4) is 0 Å². The molecular weight excluding hydrogens is 656 g/mol. The van der Waals surface area contributed by atoms with Crippen molar-refractivity contribution in [1.29, 1.82) is 0 Å². The second-order valence-electron chi connectivity index (χ2n) is 8.91. The number of hydrogen-bond donors (Lipinski definition) is 0. The third-order valence-electron chi connectivity index (χ3n) is 5.50. The molecule has 0 atom stereocenters. The molecule has 0 radical (unpaired) electrons. The topological polar surface area (TPSA) is 0 Å². The van der Waals surface area contributed by atoms with E-state index in [1.165, 1.54) is 33.5 Å². The van der Waals surface area contributed by atoms with E-state index in [-0.39, 0.29) is 36.3 Å². The van der Waals surface area contributed by atoms with Gasteiger partial charge in [0.2, 0.25) is 0 Å². The maximum Gasteiger partial charge on any atom is 2.00 e. The van der Waals surface area contributed by atoms with Gasteiger partial charge in [0.15, 0.2) is 0 Å². The van der Waals surface area contributed by atoms with E-state index in [4.69, 9.17) is 11.6 Å². The van der Waals surface area contributed by atoms with Crippen molar-refractivity contribution in [3.63, 3.8) is 0 Å². The van der Waals surface area contributed by atoms with Crippen LogP contribution in [0.2, 0.25) is 5.02 Å². The van der Waals surface area contributed by atoms with E-state index in [2.05, 4.69) is 140 Å². The zero-order valence-corrected chi connectivity index (χ0v) is 27.8. The molecule has 0 N–H and O–H groups in total. The number of halogens is 1. The third kappa shape index (κ3) is 12.8. The van der Waals surface area contributed by atoms with Crippen LogP contribution in [0, 0.1) is 6.07 Å². The Morgan fingerprint density at radius 1 is 0.550 bits per heavy atom. The van der Waals surface area contributed by atoms with Crippen molar-refractivity contribution < 1.29 is 20.4 Å². The molecule has 0 saturated heterocycles. The van der Waals surface area contributed by atoms with E-state index in [0.717, 1.165) is 5.02 Å². The predicted octanol–water partition coefficient (Wildman–Crippen LogP) is 8.33. The standard InChI is InChI=1S/C26H24P2.C6H4Cl.C3H8S.Pd/c1-5-13-23(14-6-1)27(24-15-7-2-8-16-24)21-22-28(25-17-9-3-10-18-25)26-19-11-4-12-20-26;7-6-4-2-1-3-5-6;1-3(2)4;/h1-20H,21-22H2;2-5H;3-4H,1-2H3;/q;-1;;+2/p-1. The minimum atomic E-state index is -0.348. The fourth-order valence-corrected chi connectivity index (χ4v) is 9.30. The molecule has 0 spiro atoms. The van der Waals surface area contributed by atoms with Gasteiger partial charge in [-0.3, -0.25) is 0 Å². The molecule has 0 unspecified atom stereocenters. The number of benzene rings is 5. The summed E-state index contributed by atoms with van der Waals surface area (Å²) in [5, 5.41) is 7.07. The molecule has 208 valence electrons. The van der Waals surface area contributed by atoms with Crippen molar-refractivity contribution in [2.75, 3.05) is 12.3 Å². The molecule has 5 rings (SSSR count). The van der Waals surface area contributed by atoms with Gasteiger partial charge < -0.3 is 12.6 Å². The van der Waals surface area contributed by atoms with Gasteiger partial charge >= 0.3 is 20.4 Å². The fraction of sp³-hybridized carbons (Fsp3) is 0.143. The van der Waals surface area contributed by atoms with Crippen LogP contribution in [0.1, 0.15) is 13.8 Å². The molecule has 0 aliphatic carbocycles. The van der Waals surface area contributed by atoms with Crippen LogP contribution >= 0.6 is 27.4 Å². The van der Waals surface area contributed by atoms with Gasteiger partial charge in [0.25, 0.3) is 0 Å². The molecule has 0 nitrogen and oxygen atoms in total. The van der Waals surface area contributed by atoms with Gasteiger partial charge in [0.05, 0.1) is 0 Å². The summed E-state index contributed by atoms with van der Waals surface area (Å²) < 4.78 is 0. The molecule has 0 fully saturated rings. The van der Waals surface area contributed by atoms with Crippen LogP contribution in [0.3, 0.4) is 0 Å². The Kier molecular flexibility index (Phi) is 17.4. The second-order valence-corrected chi connectivity index (χ2v) is 15.0. The summed E-state index contributed by atoms with van der Waals surface area (Å²) >= 11 is 10.1. The second kappa shape index (κ2) is 20.2. The molecule has 5 heteroatoms. The summed E-state index contributed by atoms with van der Waals surface area (Å²) in [6.07, 6.45) is 2.41. The molecule has 5 aromatic rings. The van der Waals surface area contributed by atoms with Gasteiger partial charge in [-0.05, 0) is 49.4 Å².